The predicted molar refractivity (Wildman–Crippen MR) is 491 cm³/mol. The molecule has 114 heavy (non-hydrogen) atoms. The quantitative estimate of drug-likeness (QED) is 0.152. The van der Waals surface area contributed by atoms with Crippen LogP contribution in [-0.2, 0) is 43.3 Å². The van der Waals surface area contributed by atoms with E-state index in [0.29, 0.717) is 0 Å². The van der Waals surface area contributed by atoms with Gasteiger partial charge < -0.3 is 9.13 Å². The van der Waals surface area contributed by atoms with Crippen LogP contribution in [0.15, 0.2) is 243 Å². The highest BCUT2D eigenvalue weighted by Crippen LogP contribution is 2.52. The maximum atomic E-state index is 6.91. The lowest BCUT2D eigenvalue weighted by Crippen LogP contribution is -2.17. The minimum Gasteiger partial charge on any atom is -0.305 e. The SMILES string of the molecule is CC(C)(C)c1ccc2c(c1)c1cc(C(C)(C)C)ccc1n2-c1nc(-n2c3ccc(C(C)(C)C)cc3c3cc(C(C)(C)C)ccc32)c(-n2c3ccc(C(C)(C)C)cc3c3cc(C(C)(C)C)ccc32)c(-c2ccc(-c3cc(-c4ccccc4)cc(-c4ccccc4)n3)cc2)c1-n1c2ccc(C(C)(C)C)cc2c2cc(C(C)(C)C)ccc21. The molecule has 17 rings (SSSR count). The van der Waals surface area contributed by atoms with Crippen molar-refractivity contribution >= 4 is 87.2 Å². The lowest BCUT2D eigenvalue weighted by atomic mass is 9.85. The number of pyridine rings is 2. The average molecular weight is 1490 g/mol. The predicted octanol–water partition coefficient (Wildman–Crippen LogP) is 29.9. The maximum Gasteiger partial charge on any atom is 0.165 e. The smallest absolute Gasteiger partial charge is 0.165 e. The highest BCUT2D eigenvalue weighted by atomic mass is 15.2. The first kappa shape index (κ1) is 75.6. The average Bonchev–Trinajstić information content (AvgIpc) is 1.47. The van der Waals surface area contributed by atoms with Gasteiger partial charge in [0.15, 0.2) is 11.6 Å². The van der Waals surface area contributed by atoms with Crippen LogP contribution < -0.4 is 0 Å². The summed E-state index contributed by atoms with van der Waals surface area (Å²) in [5, 5.41) is 9.53. The molecule has 574 valence electrons. The molecule has 0 aliphatic carbocycles. The molecular formula is C108H112N6. The van der Waals surface area contributed by atoms with Gasteiger partial charge in [0.25, 0.3) is 0 Å². The first-order valence-corrected chi connectivity index (χ1v) is 41.3. The molecule has 0 atom stereocenters. The molecule has 0 spiro atoms. The Hall–Kier alpha value is -11.1. The first-order valence-electron chi connectivity index (χ1n) is 41.3. The van der Waals surface area contributed by atoms with Crippen LogP contribution in [-0.4, -0.2) is 28.2 Å². The Bertz CT molecular complexity index is 6080. The van der Waals surface area contributed by atoms with Gasteiger partial charge in [-0.05, 0) is 214 Å². The zero-order valence-corrected chi connectivity index (χ0v) is 71.8. The number of rotatable bonds is 8. The van der Waals surface area contributed by atoms with E-state index in [-0.39, 0.29) is 43.3 Å². The summed E-state index contributed by atoms with van der Waals surface area (Å²) < 4.78 is 10.4. The van der Waals surface area contributed by atoms with Crippen LogP contribution in [0.25, 0.3) is 155 Å². The number of benzene rings is 11. The topological polar surface area (TPSA) is 45.5 Å². The fraction of sp³-hybridized carbons (Fsp3) is 0.296. The summed E-state index contributed by atoms with van der Waals surface area (Å²) >= 11 is 0. The lowest BCUT2D eigenvalue weighted by molar-refractivity contribution is 0.590. The van der Waals surface area contributed by atoms with Gasteiger partial charge in [-0.2, -0.15) is 0 Å². The maximum absolute atomic E-state index is 6.91. The molecule has 0 aliphatic heterocycles. The van der Waals surface area contributed by atoms with Gasteiger partial charge in [0.05, 0.1) is 55.5 Å². The van der Waals surface area contributed by atoms with Crippen LogP contribution in [0.5, 0.6) is 0 Å². The lowest BCUT2D eigenvalue weighted by Gasteiger charge is -2.27. The van der Waals surface area contributed by atoms with Crippen molar-refractivity contribution in [1.29, 1.82) is 0 Å². The second-order valence-corrected chi connectivity index (χ2v) is 41.0. The minimum absolute atomic E-state index is 0.149. The number of nitrogens with zero attached hydrogens (tertiary/aromatic N) is 6. The summed E-state index contributed by atoms with van der Waals surface area (Å²) in [6.07, 6.45) is 0. The Morgan fingerprint density at radius 2 is 0.395 bits per heavy atom. The normalized spacial score (nSPS) is 13.3. The largest absolute Gasteiger partial charge is 0.305 e. The zero-order valence-electron chi connectivity index (χ0n) is 71.8. The van der Waals surface area contributed by atoms with Gasteiger partial charge in [0.1, 0.15) is 11.4 Å². The molecule has 0 saturated heterocycles. The minimum atomic E-state index is -0.156. The van der Waals surface area contributed by atoms with E-state index in [4.69, 9.17) is 9.97 Å². The number of hydrogen-bond donors (Lipinski definition) is 0. The highest BCUT2D eigenvalue weighted by molar-refractivity contribution is 6.17. The summed E-state index contributed by atoms with van der Waals surface area (Å²) in [7, 11) is 0. The van der Waals surface area contributed by atoms with E-state index in [2.05, 4.69) is 427 Å². The molecule has 11 aromatic carbocycles. The van der Waals surface area contributed by atoms with Gasteiger partial charge in [-0.15, -0.1) is 0 Å². The molecule has 6 aromatic heterocycles. The molecule has 0 saturated carbocycles. The monoisotopic (exact) mass is 1490 g/mol. The Kier molecular flexibility index (Phi) is 17.4. The third-order valence-electron chi connectivity index (χ3n) is 24.4. The Morgan fingerprint density at radius 1 is 0.184 bits per heavy atom. The molecule has 6 heterocycles. The molecule has 0 radical (unpaired) electrons. The van der Waals surface area contributed by atoms with Gasteiger partial charge in [-0.3, -0.25) is 9.13 Å². The Morgan fingerprint density at radius 3 is 0.632 bits per heavy atom. The van der Waals surface area contributed by atoms with Crippen LogP contribution in [0.2, 0.25) is 0 Å². The van der Waals surface area contributed by atoms with Gasteiger partial charge in [0.2, 0.25) is 0 Å². The van der Waals surface area contributed by atoms with Gasteiger partial charge in [-0.1, -0.05) is 300 Å². The number of aromatic nitrogens is 6. The fourth-order valence-corrected chi connectivity index (χ4v) is 17.4. The van der Waals surface area contributed by atoms with E-state index in [0.717, 1.165) is 112 Å². The molecule has 0 bridgehead atoms. The number of fused-ring (bicyclic) bond motifs is 12. The van der Waals surface area contributed by atoms with E-state index >= 15 is 0 Å². The van der Waals surface area contributed by atoms with Crippen molar-refractivity contribution in [3.05, 3.63) is 287 Å². The van der Waals surface area contributed by atoms with Crippen molar-refractivity contribution in [2.24, 2.45) is 0 Å². The molecular weight excluding hydrogens is 1380 g/mol. The molecule has 6 nitrogen and oxygen atoms in total. The Labute approximate surface area is 675 Å². The second-order valence-electron chi connectivity index (χ2n) is 41.0. The third-order valence-corrected chi connectivity index (χ3v) is 24.4. The van der Waals surface area contributed by atoms with E-state index in [9.17, 15) is 0 Å². The summed E-state index contributed by atoms with van der Waals surface area (Å²) in [6.45, 7) is 56.3. The molecule has 0 amide bonds. The first-order chi connectivity index (χ1) is 53.6. The van der Waals surface area contributed by atoms with Crippen molar-refractivity contribution < 1.29 is 0 Å². The van der Waals surface area contributed by atoms with E-state index in [1.54, 1.807) is 0 Å². The zero-order chi connectivity index (χ0) is 80.8. The summed E-state index contributed by atoms with van der Waals surface area (Å²) in [4.78, 5) is 12.5. The molecule has 0 fully saturated rings. The fourth-order valence-electron chi connectivity index (χ4n) is 17.4. The van der Waals surface area contributed by atoms with Crippen LogP contribution in [0.3, 0.4) is 0 Å². The molecule has 6 heteroatoms. The third kappa shape index (κ3) is 13.0. The van der Waals surface area contributed by atoms with Crippen LogP contribution in [0.1, 0.15) is 211 Å². The van der Waals surface area contributed by atoms with Crippen molar-refractivity contribution in [2.45, 2.75) is 209 Å². The van der Waals surface area contributed by atoms with E-state index in [1.165, 1.54) is 87.6 Å². The van der Waals surface area contributed by atoms with Crippen molar-refractivity contribution in [1.82, 2.24) is 28.2 Å². The van der Waals surface area contributed by atoms with Crippen LogP contribution in [0, 0.1) is 0 Å². The summed E-state index contributed by atoms with van der Waals surface area (Å²) in [5.74, 6) is 1.61. The molecule has 17 aromatic rings. The second kappa shape index (κ2) is 26.2. The van der Waals surface area contributed by atoms with Gasteiger partial charge in [-0.25, -0.2) is 9.97 Å². The van der Waals surface area contributed by atoms with Gasteiger partial charge >= 0.3 is 0 Å². The number of hydrogen-bond acceptors (Lipinski definition) is 2. The molecule has 0 N–H and O–H groups in total. The van der Waals surface area contributed by atoms with Crippen molar-refractivity contribution in [2.75, 3.05) is 0 Å². The van der Waals surface area contributed by atoms with Crippen molar-refractivity contribution in [3.63, 3.8) is 0 Å². The van der Waals surface area contributed by atoms with Gasteiger partial charge in [0, 0.05) is 59.8 Å². The Balaban J connectivity index is 1.17. The van der Waals surface area contributed by atoms with E-state index in [1.807, 2.05) is 0 Å². The molecule has 0 unspecified atom stereocenters. The summed E-state index contributed by atoms with van der Waals surface area (Å²) in [6, 6.07) is 93.9. The highest BCUT2D eigenvalue weighted by Gasteiger charge is 2.36. The standard InChI is InChI=1S/C108H112N6/c1-101(2,3)70-39-47-88-78(57-70)79-58-71(102(4,5)6)40-48-89(79)111(88)97-96(68-37-35-67(36-38-68)87-56-69(65-31-27-25-28-32-65)55-86(109-87)66-33-29-26-30-34-66)98(112-90-49-41-72(103(7,8)9)59-80(90)81-60-73(104(10,11)12)42-50-91(81)112)100(114-94-53-45-76(107(19,20)21)63-84(94)85-64-77(108(22,23)24)46-54-95(85)114)110-99(97)113-92-51-43-74(105(13,14)15)61-82(92)83-62-75(106(16,17)18)44-52-93(83)113/h25-64H,1-24H3. The van der Waals surface area contributed by atoms with Crippen molar-refractivity contribution in [3.8, 4) is 67.8 Å². The molecule has 0 aliphatic rings. The van der Waals surface area contributed by atoms with Crippen LogP contribution >= 0.6 is 0 Å². The summed E-state index contributed by atoms with van der Waals surface area (Å²) in [5.41, 5.74) is 27.8. The van der Waals surface area contributed by atoms with Crippen LogP contribution in [0.4, 0.5) is 0 Å². The van der Waals surface area contributed by atoms with E-state index < -0.39 is 0 Å².